The van der Waals surface area contributed by atoms with Crippen molar-refractivity contribution in [3.63, 3.8) is 0 Å². The van der Waals surface area contributed by atoms with E-state index in [0.29, 0.717) is 24.8 Å². The molecule has 3 fully saturated rings. The van der Waals surface area contributed by atoms with Gasteiger partial charge in [0.15, 0.2) is 17.2 Å². The molecular formula is C22H32FNaO9S. The zero-order chi connectivity index (χ0) is 25.2. The minimum atomic E-state index is -4.67. The third kappa shape index (κ3) is 4.20. The molecule has 0 unspecified atom stereocenters. The molecule has 0 spiro atoms. The molecule has 3 saturated carbocycles. The Morgan fingerprint density at radius 2 is 1.82 bits per heavy atom. The normalized spacial score (nSPS) is 45.0. The smallest absolute Gasteiger partial charge is 1.00 e. The molecule has 4 aliphatic carbocycles. The van der Waals surface area contributed by atoms with Crippen molar-refractivity contribution >= 4 is 22.0 Å². The van der Waals surface area contributed by atoms with Crippen molar-refractivity contribution in [3.05, 3.63) is 23.8 Å². The number of allylic oxidation sites excluding steroid dienone is 4. The van der Waals surface area contributed by atoms with E-state index in [1.165, 1.54) is 12.2 Å². The van der Waals surface area contributed by atoms with Gasteiger partial charge in [0.1, 0.15) is 12.2 Å². The van der Waals surface area contributed by atoms with Crippen LogP contribution in [0.3, 0.4) is 0 Å². The van der Waals surface area contributed by atoms with Gasteiger partial charge in [-0.25, -0.2) is 4.39 Å². The summed E-state index contributed by atoms with van der Waals surface area (Å²) in [6.45, 7) is 4.48. The molecule has 9 nitrogen and oxygen atoms in total. The molecule has 12 heteroatoms. The zero-order valence-electron chi connectivity index (χ0n) is 20.7. The molecule has 8 atom stereocenters. The molecule has 0 aromatic carbocycles. The average molecular weight is 515 g/mol. The molecule has 4 aliphatic rings. The van der Waals surface area contributed by atoms with E-state index in [-0.39, 0.29) is 49.1 Å². The predicted octanol–water partition coefficient (Wildman–Crippen LogP) is -1.64. The molecule has 5 N–H and O–H groups in total. The Kier molecular flexibility index (Phi) is 8.24. The zero-order valence-corrected chi connectivity index (χ0v) is 22.5. The summed E-state index contributed by atoms with van der Waals surface area (Å²) < 4.78 is 48.4. The number of Topliss-reactive ketones (excluding diaryl/α,β-unsaturated/α-hetero) is 1. The van der Waals surface area contributed by atoms with E-state index in [2.05, 4.69) is 0 Å². The Hall–Kier alpha value is -0.500. The number of alkyl halides is 1. The van der Waals surface area contributed by atoms with Crippen LogP contribution in [0.2, 0.25) is 0 Å². The van der Waals surface area contributed by atoms with E-state index in [9.17, 15) is 24.9 Å². The Balaban J connectivity index is 0.000000798. The fourth-order valence-corrected chi connectivity index (χ4v) is 7.26. The third-order valence-electron chi connectivity index (χ3n) is 8.79. The second-order valence-electron chi connectivity index (χ2n) is 10.2. The summed E-state index contributed by atoms with van der Waals surface area (Å²) in [6, 6.07) is 0. The van der Waals surface area contributed by atoms with E-state index in [4.69, 9.17) is 17.5 Å². The van der Waals surface area contributed by atoms with Crippen LogP contribution in [0.5, 0.6) is 0 Å². The number of carbonyl (C=O) groups is 2. The van der Waals surface area contributed by atoms with Crippen molar-refractivity contribution in [1.29, 1.82) is 0 Å². The maximum absolute atomic E-state index is 16.9. The van der Waals surface area contributed by atoms with E-state index in [1.807, 2.05) is 0 Å². The summed E-state index contributed by atoms with van der Waals surface area (Å²) in [5.41, 5.74) is -5.17. The average Bonchev–Trinajstić information content (AvgIpc) is 2.89. The van der Waals surface area contributed by atoms with Crippen LogP contribution in [-0.4, -0.2) is 68.4 Å². The fraction of sp³-hybridized carbons (Fsp3) is 0.727. The Labute approximate surface area is 221 Å². The standard InChI is InChI=1S/C22H29FO5.Na.H2O4S.H/c1-12-8-16-15-5-4-13-9-14(25)6-7-19(13,2)21(15,23)17(26)10-20(16,3)22(12,28)18(27)11-24;;1-5(2,3)4;/h6-7,9,12,15-17,24,26,28H,4-5,8,10-11H2,1-3H3;;(H2,1,2,3,4);/q;+1;;-1/t12-,15+,16+,17+,19+,20+,21+,22+;;;/m1.../s1. The first-order chi connectivity index (χ1) is 15.0. The molecule has 0 aromatic rings. The first kappa shape index (κ1) is 29.7. The van der Waals surface area contributed by atoms with Crippen molar-refractivity contribution in [2.45, 2.75) is 63.8 Å². The first-order valence-electron chi connectivity index (χ1n) is 10.8. The Bertz CT molecular complexity index is 1030. The van der Waals surface area contributed by atoms with Crippen LogP contribution < -0.4 is 29.6 Å². The maximum atomic E-state index is 16.9. The van der Waals surface area contributed by atoms with Crippen molar-refractivity contribution in [1.82, 2.24) is 0 Å². The van der Waals surface area contributed by atoms with Gasteiger partial charge in [0.2, 0.25) is 0 Å². The van der Waals surface area contributed by atoms with Crippen LogP contribution in [0, 0.1) is 28.6 Å². The molecule has 0 aliphatic heterocycles. The Morgan fingerprint density at radius 1 is 1.26 bits per heavy atom. The SMILES string of the molecule is C[C@@H]1C[C@H]2[C@@H]3CCC4=CC(=O)C=C[C@]4(C)[C@@]3(F)[C@@H](O)C[C@]2(C)[C@@]1(O)C(=O)CO.O=S(=O)(O)O.[H-].[Na+]. The number of ketones is 2. The fourth-order valence-electron chi connectivity index (χ4n) is 7.26. The van der Waals surface area contributed by atoms with Gasteiger partial charge in [0.25, 0.3) is 0 Å². The molecule has 34 heavy (non-hydrogen) atoms. The summed E-state index contributed by atoms with van der Waals surface area (Å²) in [5, 5.41) is 32.0. The van der Waals surface area contributed by atoms with Gasteiger partial charge in [-0.3, -0.25) is 18.7 Å². The summed E-state index contributed by atoms with van der Waals surface area (Å²) in [7, 11) is -4.67. The largest absolute Gasteiger partial charge is 1.00 e. The summed E-state index contributed by atoms with van der Waals surface area (Å²) in [5.74, 6) is -2.12. The summed E-state index contributed by atoms with van der Waals surface area (Å²) >= 11 is 0. The van der Waals surface area contributed by atoms with Gasteiger partial charge in [-0.15, -0.1) is 0 Å². The minimum absolute atomic E-state index is 0. The molecule has 0 radical (unpaired) electrons. The van der Waals surface area contributed by atoms with E-state index >= 15 is 4.39 Å². The van der Waals surface area contributed by atoms with Crippen LogP contribution >= 0.6 is 0 Å². The molecule has 0 aromatic heterocycles. The maximum Gasteiger partial charge on any atom is 1.00 e. The number of aliphatic hydroxyl groups excluding tert-OH is 2. The summed E-state index contributed by atoms with van der Waals surface area (Å²) in [4.78, 5) is 24.4. The van der Waals surface area contributed by atoms with Gasteiger partial charge in [-0.05, 0) is 56.6 Å². The van der Waals surface area contributed by atoms with E-state index in [1.54, 1.807) is 26.8 Å². The van der Waals surface area contributed by atoms with Crippen LogP contribution in [0.1, 0.15) is 47.9 Å². The molecule has 4 rings (SSSR count). The van der Waals surface area contributed by atoms with Gasteiger partial charge >= 0.3 is 40.0 Å². The van der Waals surface area contributed by atoms with Gasteiger partial charge in [-0.1, -0.05) is 25.5 Å². The number of aliphatic hydroxyl groups is 3. The summed E-state index contributed by atoms with van der Waals surface area (Å²) in [6.07, 6.45) is 4.44. The Morgan fingerprint density at radius 3 is 2.35 bits per heavy atom. The number of rotatable bonds is 2. The van der Waals surface area contributed by atoms with Crippen molar-refractivity contribution in [2.75, 3.05) is 6.61 Å². The molecule has 0 amide bonds. The van der Waals surface area contributed by atoms with Gasteiger partial charge in [-0.2, -0.15) is 8.42 Å². The minimum Gasteiger partial charge on any atom is -1.00 e. The third-order valence-corrected chi connectivity index (χ3v) is 8.79. The monoisotopic (exact) mass is 514 g/mol. The molecule has 0 saturated heterocycles. The van der Waals surface area contributed by atoms with Crippen LogP contribution in [0.4, 0.5) is 4.39 Å². The van der Waals surface area contributed by atoms with Crippen molar-refractivity contribution < 1.29 is 77.8 Å². The van der Waals surface area contributed by atoms with Gasteiger partial charge in [0, 0.05) is 16.7 Å². The molecular weight excluding hydrogens is 482 g/mol. The number of hydrogen-bond acceptors (Lipinski definition) is 7. The van der Waals surface area contributed by atoms with Crippen molar-refractivity contribution in [2.24, 2.45) is 28.6 Å². The van der Waals surface area contributed by atoms with Gasteiger partial charge < -0.3 is 16.7 Å². The van der Waals surface area contributed by atoms with Crippen LogP contribution in [0.15, 0.2) is 23.8 Å². The molecule has 0 heterocycles. The first-order valence-corrected chi connectivity index (χ1v) is 12.2. The van der Waals surface area contributed by atoms with Crippen molar-refractivity contribution in [3.8, 4) is 0 Å². The van der Waals surface area contributed by atoms with Crippen LogP contribution in [-0.2, 0) is 20.0 Å². The molecule has 188 valence electrons. The number of hydrogen-bond donors (Lipinski definition) is 5. The number of carbonyl (C=O) groups excluding carboxylic acids is 2. The number of fused-ring (bicyclic) bond motifs is 5. The number of halogens is 1. The second-order valence-corrected chi connectivity index (χ2v) is 11.1. The van der Waals surface area contributed by atoms with Gasteiger partial charge in [0.05, 0.1) is 6.10 Å². The quantitative estimate of drug-likeness (QED) is 0.214. The topological polar surface area (TPSA) is 169 Å². The predicted molar refractivity (Wildman–Crippen MR) is 115 cm³/mol. The van der Waals surface area contributed by atoms with E-state index < -0.39 is 62.8 Å². The molecule has 0 bridgehead atoms. The van der Waals surface area contributed by atoms with E-state index in [0.717, 1.165) is 0 Å². The van der Waals surface area contributed by atoms with Crippen LogP contribution in [0.25, 0.3) is 0 Å². The second kappa shape index (κ2) is 9.42.